The minimum atomic E-state index is 0.361. The van der Waals surface area contributed by atoms with E-state index in [9.17, 15) is 0 Å². The van der Waals surface area contributed by atoms with Crippen molar-refractivity contribution >= 4 is 0 Å². The summed E-state index contributed by atoms with van der Waals surface area (Å²) in [6.07, 6.45) is 19.0. The van der Waals surface area contributed by atoms with E-state index < -0.39 is 0 Å². The van der Waals surface area contributed by atoms with Crippen molar-refractivity contribution in [3.05, 3.63) is 49.6 Å². The predicted octanol–water partition coefficient (Wildman–Crippen LogP) is 4.42. The fraction of sp³-hybridized carbons (Fsp3) is 0.429. The molecule has 0 heterocycles. The van der Waals surface area contributed by atoms with Crippen LogP contribution in [0.25, 0.3) is 0 Å². The van der Waals surface area contributed by atoms with E-state index in [-0.39, 0.29) is 0 Å². The molecule has 0 atom stereocenters. The molecule has 0 aromatic carbocycles. The van der Waals surface area contributed by atoms with E-state index >= 15 is 0 Å². The monoisotopic (exact) mass is 188 g/mol. The highest BCUT2D eigenvalue weighted by atomic mass is 14.4. The average Bonchev–Trinajstić information content (AvgIpc) is 3.06. The normalized spacial score (nSPS) is 21.4. The molecule has 0 aromatic heterocycles. The van der Waals surface area contributed by atoms with Gasteiger partial charge in [-0.2, -0.15) is 0 Å². The summed E-state index contributed by atoms with van der Waals surface area (Å²) >= 11 is 0. The van der Waals surface area contributed by atoms with Gasteiger partial charge in [0.2, 0.25) is 0 Å². The average molecular weight is 188 g/mol. The van der Waals surface area contributed by atoms with Crippen LogP contribution in [-0.2, 0) is 0 Å². The van der Waals surface area contributed by atoms with Crippen LogP contribution in [0.5, 0.6) is 0 Å². The molecular weight excluding hydrogens is 168 g/mol. The lowest BCUT2D eigenvalue weighted by molar-refractivity contribution is 0.864. The highest BCUT2D eigenvalue weighted by Crippen LogP contribution is 2.47. The zero-order valence-corrected chi connectivity index (χ0v) is 8.91. The molecule has 0 amide bonds. The second-order valence-corrected chi connectivity index (χ2v) is 3.93. The Hall–Kier alpha value is -1.04. The molecule has 76 valence electrons. The summed E-state index contributed by atoms with van der Waals surface area (Å²) in [5.74, 6) is 0. The van der Waals surface area contributed by atoms with Crippen molar-refractivity contribution in [1.82, 2.24) is 0 Å². The van der Waals surface area contributed by atoms with Gasteiger partial charge in [-0.25, -0.2) is 0 Å². The van der Waals surface area contributed by atoms with Crippen LogP contribution in [0.2, 0.25) is 0 Å². The topological polar surface area (TPSA) is 0 Å². The van der Waals surface area contributed by atoms with Crippen LogP contribution in [-0.4, -0.2) is 0 Å². The second-order valence-electron chi connectivity index (χ2n) is 3.93. The van der Waals surface area contributed by atoms with Crippen LogP contribution in [0.15, 0.2) is 49.6 Å². The molecule has 0 nitrogen and oxygen atoms in total. The minimum absolute atomic E-state index is 0.361. The molecule has 0 bridgehead atoms. The maximum absolute atomic E-state index is 3.69. The molecule has 1 saturated carbocycles. The summed E-state index contributed by atoms with van der Waals surface area (Å²) in [5, 5.41) is 0. The summed E-state index contributed by atoms with van der Waals surface area (Å²) in [5.41, 5.74) is 0.361. The van der Waals surface area contributed by atoms with Crippen LogP contribution in [0.3, 0.4) is 0 Å². The molecule has 2 aliphatic carbocycles. The molecule has 0 N–H and O–H groups in total. The second kappa shape index (κ2) is 5.64. The number of hydrogen-bond acceptors (Lipinski definition) is 0. The van der Waals surface area contributed by atoms with E-state index in [2.05, 4.69) is 37.5 Å². The van der Waals surface area contributed by atoms with E-state index in [0.717, 1.165) is 0 Å². The maximum atomic E-state index is 3.69. The molecule has 0 radical (unpaired) electrons. The summed E-state index contributed by atoms with van der Waals surface area (Å²) in [6.45, 7) is 7.39. The zero-order chi connectivity index (χ0) is 10.3. The number of hydrogen-bond donors (Lipinski definition) is 0. The maximum Gasteiger partial charge on any atom is 0.00565 e. The van der Waals surface area contributed by atoms with Gasteiger partial charge < -0.3 is 0 Å². The molecule has 0 aromatic rings. The molecular formula is C14H20. The molecule has 0 saturated heterocycles. The van der Waals surface area contributed by atoms with Crippen molar-refractivity contribution in [2.24, 2.45) is 5.41 Å². The molecule has 0 unspecified atom stereocenters. The predicted molar refractivity (Wildman–Crippen MR) is 64.2 cm³/mol. The van der Waals surface area contributed by atoms with Crippen molar-refractivity contribution in [3.63, 3.8) is 0 Å². The van der Waals surface area contributed by atoms with Crippen LogP contribution in [0, 0.1) is 5.41 Å². The van der Waals surface area contributed by atoms with Crippen LogP contribution >= 0.6 is 0 Å². The molecule has 0 heteroatoms. The highest BCUT2D eigenvalue weighted by Gasteiger charge is 2.35. The lowest BCUT2D eigenvalue weighted by Crippen LogP contribution is -1.83. The number of rotatable bonds is 2. The molecule has 0 spiro atoms. The molecule has 1 fully saturated rings. The standard InChI is InChI=1S/2C7H10/c1-3-7(4-2)5-6-7;1-2-4-6-7-5-3-1/h3-4H,1-2,5-6H2;1-4H,5-7H2. The first kappa shape index (κ1) is 11.0. The molecule has 14 heavy (non-hydrogen) atoms. The van der Waals surface area contributed by atoms with Gasteiger partial charge in [0.1, 0.15) is 0 Å². The number of allylic oxidation sites excluding steroid dienone is 6. The Kier molecular flexibility index (Phi) is 4.45. The van der Waals surface area contributed by atoms with Gasteiger partial charge in [-0.1, -0.05) is 36.5 Å². The van der Waals surface area contributed by atoms with Gasteiger partial charge in [0, 0.05) is 5.41 Å². The van der Waals surface area contributed by atoms with Gasteiger partial charge in [0.15, 0.2) is 0 Å². The van der Waals surface area contributed by atoms with E-state index in [1.165, 1.54) is 32.1 Å². The van der Waals surface area contributed by atoms with Gasteiger partial charge >= 0.3 is 0 Å². The first-order chi connectivity index (χ1) is 6.83. The van der Waals surface area contributed by atoms with Crippen LogP contribution in [0.4, 0.5) is 0 Å². The van der Waals surface area contributed by atoms with Gasteiger partial charge in [-0.15, -0.1) is 13.2 Å². The highest BCUT2D eigenvalue weighted by molar-refractivity contribution is 5.15. The Morgan fingerprint density at radius 1 is 0.929 bits per heavy atom. The van der Waals surface area contributed by atoms with Gasteiger partial charge in [0.05, 0.1) is 0 Å². The summed E-state index contributed by atoms with van der Waals surface area (Å²) in [7, 11) is 0. The van der Waals surface area contributed by atoms with Crippen LogP contribution in [0.1, 0.15) is 32.1 Å². The van der Waals surface area contributed by atoms with E-state index in [0.29, 0.717) is 5.41 Å². The fourth-order valence-corrected chi connectivity index (χ4v) is 1.34. The van der Waals surface area contributed by atoms with Crippen LogP contribution < -0.4 is 0 Å². The summed E-state index contributed by atoms with van der Waals surface area (Å²) in [4.78, 5) is 0. The third-order valence-corrected chi connectivity index (χ3v) is 2.77. The third kappa shape index (κ3) is 3.78. The molecule has 0 aliphatic heterocycles. The molecule has 2 rings (SSSR count). The van der Waals surface area contributed by atoms with Crippen molar-refractivity contribution in [2.45, 2.75) is 32.1 Å². The Morgan fingerprint density at radius 2 is 1.43 bits per heavy atom. The van der Waals surface area contributed by atoms with Crippen molar-refractivity contribution in [3.8, 4) is 0 Å². The Balaban J connectivity index is 0.000000140. The fourth-order valence-electron chi connectivity index (χ4n) is 1.34. The SMILES string of the molecule is C1=CCCCC=C1.C=CC1(C=C)CC1. The van der Waals surface area contributed by atoms with E-state index in [4.69, 9.17) is 0 Å². The van der Waals surface area contributed by atoms with E-state index in [1.807, 2.05) is 12.2 Å². The smallest absolute Gasteiger partial charge is 0.00565 e. The lowest BCUT2D eigenvalue weighted by atomic mass is 10.1. The van der Waals surface area contributed by atoms with Crippen molar-refractivity contribution in [1.29, 1.82) is 0 Å². The van der Waals surface area contributed by atoms with Gasteiger partial charge in [0.25, 0.3) is 0 Å². The lowest BCUT2D eigenvalue weighted by Gasteiger charge is -1.94. The first-order valence-corrected chi connectivity index (χ1v) is 5.42. The quantitative estimate of drug-likeness (QED) is 0.563. The summed E-state index contributed by atoms with van der Waals surface area (Å²) in [6, 6.07) is 0. The Labute approximate surface area is 87.7 Å². The van der Waals surface area contributed by atoms with Crippen molar-refractivity contribution in [2.75, 3.05) is 0 Å². The first-order valence-electron chi connectivity index (χ1n) is 5.42. The Bertz CT molecular complexity index is 217. The molecule has 2 aliphatic rings. The van der Waals surface area contributed by atoms with Gasteiger partial charge in [-0.3, -0.25) is 0 Å². The van der Waals surface area contributed by atoms with Gasteiger partial charge in [-0.05, 0) is 32.1 Å². The summed E-state index contributed by atoms with van der Waals surface area (Å²) < 4.78 is 0. The van der Waals surface area contributed by atoms with Crippen molar-refractivity contribution < 1.29 is 0 Å². The van der Waals surface area contributed by atoms with E-state index in [1.54, 1.807) is 0 Å². The zero-order valence-electron chi connectivity index (χ0n) is 8.91. The largest absolute Gasteiger partial charge is 0.102 e. The minimum Gasteiger partial charge on any atom is -0.102 e. The Morgan fingerprint density at radius 3 is 1.71 bits per heavy atom. The third-order valence-electron chi connectivity index (χ3n) is 2.77.